The summed E-state index contributed by atoms with van der Waals surface area (Å²) in [6.07, 6.45) is 4.48. The zero-order valence-electron chi connectivity index (χ0n) is 12.5. The number of hydrazone groups is 1. The number of imide groups is 1. The Bertz CT molecular complexity index is 633. The van der Waals surface area contributed by atoms with Crippen molar-refractivity contribution in [2.24, 2.45) is 11.0 Å². The summed E-state index contributed by atoms with van der Waals surface area (Å²) < 4.78 is 0. The first-order chi connectivity index (χ1) is 10.5. The summed E-state index contributed by atoms with van der Waals surface area (Å²) in [6.45, 7) is 2.15. The van der Waals surface area contributed by atoms with Crippen LogP contribution in [0.1, 0.15) is 38.2 Å². The van der Waals surface area contributed by atoms with E-state index in [1.165, 1.54) is 12.3 Å². The normalized spacial score (nSPS) is 28.6. The fourth-order valence-electron chi connectivity index (χ4n) is 3.02. The van der Waals surface area contributed by atoms with Crippen LogP contribution in [0.25, 0.3) is 0 Å². The lowest BCUT2D eigenvalue weighted by atomic mass is 9.77. The predicted octanol–water partition coefficient (Wildman–Crippen LogP) is 2.23. The van der Waals surface area contributed by atoms with E-state index in [1.54, 1.807) is 18.2 Å². The van der Waals surface area contributed by atoms with E-state index in [0.29, 0.717) is 24.3 Å². The van der Waals surface area contributed by atoms with Gasteiger partial charge >= 0.3 is 6.03 Å². The van der Waals surface area contributed by atoms with Gasteiger partial charge < -0.3 is 10.4 Å². The van der Waals surface area contributed by atoms with Crippen molar-refractivity contribution in [1.29, 1.82) is 0 Å². The van der Waals surface area contributed by atoms with E-state index in [-0.39, 0.29) is 11.7 Å². The Balaban J connectivity index is 1.79. The molecule has 0 atom stereocenters. The van der Waals surface area contributed by atoms with Gasteiger partial charge in [0, 0.05) is 5.56 Å². The Labute approximate surface area is 128 Å². The molecule has 22 heavy (non-hydrogen) atoms. The second-order valence-electron chi connectivity index (χ2n) is 6.12. The van der Waals surface area contributed by atoms with Crippen molar-refractivity contribution in [2.75, 3.05) is 0 Å². The number of nitrogens with zero attached hydrogens (tertiary/aromatic N) is 2. The van der Waals surface area contributed by atoms with Crippen LogP contribution in [-0.4, -0.2) is 33.8 Å². The van der Waals surface area contributed by atoms with Crippen molar-refractivity contribution in [1.82, 2.24) is 10.3 Å². The van der Waals surface area contributed by atoms with Crippen LogP contribution in [0, 0.1) is 5.92 Å². The Hall–Kier alpha value is -2.37. The van der Waals surface area contributed by atoms with Crippen molar-refractivity contribution < 1.29 is 14.7 Å². The lowest BCUT2D eigenvalue weighted by Gasteiger charge is -2.33. The number of phenols is 1. The minimum atomic E-state index is -0.792. The fourth-order valence-corrected chi connectivity index (χ4v) is 3.02. The number of aromatic hydroxyl groups is 1. The molecule has 6 nitrogen and oxygen atoms in total. The minimum absolute atomic E-state index is 0.0551. The third-order valence-corrected chi connectivity index (χ3v) is 4.52. The zero-order chi connectivity index (χ0) is 15.7. The largest absolute Gasteiger partial charge is 0.507 e. The topological polar surface area (TPSA) is 82.0 Å². The van der Waals surface area contributed by atoms with Gasteiger partial charge in [-0.2, -0.15) is 5.10 Å². The van der Waals surface area contributed by atoms with Crippen LogP contribution in [0.15, 0.2) is 29.4 Å². The molecule has 1 aromatic rings. The molecule has 1 aliphatic carbocycles. The lowest BCUT2D eigenvalue weighted by molar-refractivity contribution is -0.132. The number of carbonyl (C=O) groups excluding carboxylic acids is 2. The van der Waals surface area contributed by atoms with Gasteiger partial charge in [-0.05, 0) is 43.7 Å². The maximum absolute atomic E-state index is 12.6. The average Bonchev–Trinajstić information content (AvgIpc) is 2.73. The Kier molecular flexibility index (Phi) is 3.60. The fraction of sp³-hybridized carbons (Fsp3) is 0.438. The van der Waals surface area contributed by atoms with Crippen molar-refractivity contribution in [2.45, 2.75) is 38.1 Å². The quantitative estimate of drug-likeness (QED) is 0.649. The molecule has 2 N–H and O–H groups in total. The van der Waals surface area contributed by atoms with Crippen LogP contribution in [0.2, 0.25) is 0 Å². The molecule has 2 aliphatic rings. The third-order valence-electron chi connectivity index (χ3n) is 4.52. The summed E-state index contributed by atoms with van der Waals surface area (Å²) in [4.78, 5) is 24.6. The number of para-hydroxylation sites is 1. The minimum Gasteiger partial charge on any atom is -0.507 e. The van der Waals surface area contributed by atoms with Gasteiger partial charge in [0.05, 0.1) is 6.21 Å². The van der Waals surface area contributed by atoms with Gasteiger partial charge in [0.1, 0.15) is 11.3 Å². The van der Waals surface area contributed by atoms with Crippen molar-refractivity contribution in [3.05, 3.63) is 29.8 Å². The first kappa shape index (κ1) is 14.6. The van der Waals surface area contributed by atoms with Gasteiger partial charge in [0.2, 0.25) is 0 Å². The number of nitrogens with one attached hydrogen (secondary N) is 1. The molecule has 0 bridgehead atoms. The molecule has 1 aromatic carbocycles. The van der Waals surface area contributed by atoms with E-state index in [9.17, 15) is 14.7 Å². The van der Waals surface area contributed by atoms with Crippen molar-refractivity contribution >= 4 is 18.2 Å². The summed E-state index contributed by atoms with van der Waals surface area (Å²) in [7, 11) is 0. The van der Waals surface area contributed by atoms with Gasteiger partial charge in [-0.15, -0.1) is 5.01 Å². The number of carbonyl (C=O) groups is 2. The number of phenolic OH excluding ortho intramolecular Hbond substituents is 1. The molecule has 116 valence electrons. The molecule has 0 unspecified atom stereocenters. The summed E-state index contributed by atoms with van der Waals surface area (Å²) >= 11 is 0. The maximum atomic E-state index is 12.6. The number of benzene rings is 1. The molecule has 1 aliphatic heterocycles. The molecule has 3 rings (SSSR count). The van der Waals surface area contributed by atoms with Gasteiger partial charge in [-0.25, -0.2) is 4.79 Å². The molecular weight excluding hydrogens is 282 g/mol. The first-order valence-corrected chi connectivity index (χ1v) is 7.50. The highest BCUT2D eigenvalue weighted by atomic mass is 16.3. The van der Waals surface area contributed by atoms with Crippen LogP contribution >= 0.6 is 0 Å². The van der Waals surface area contributed by atoms with Gasteiger partial charge in [-0.1, -0.05) is 19.1 Å². The smallest absolute Gasteiger partial charge is 0.346 e. The Morgan fingerprint density at radius 3 is 2.68 bits per heavy atom. The average molecular weight is 301 g/mol. The molecule has 1 saturated carbocycles. The Morgan fingerprint density at radius 2 is 2.00 bits per heavy atom. The van der Waals surface area contributed by atoms with Crippen LogP contribution < -0.4 is 5.32 Å². The molecule has 0 aromatic heterocycles. The number of hydrogen-bond acceptors (Lipinski definition) is 4. The number of amides is 3. The molecular formula is C16H19N3O3. The second-order valence-corrected chi connectivity index (χ2v) is 6.12. The van der Waals surface area contributed by atoms with Crippen molar-refractivity contribution in [3.8, 4) is 5.75 Å². The Morgan fingerprint density at radius 1 is 1.32 bits per heavy atom. The van der Waals surface area contributed by atoms with E-state index in [1.807, 2.05) is 0 Å². The van der Waals surface area contributed by atoms with Crippen LogP contribution in [0.5, 0.6) is 5.75 Å². The summed E-state index contributed by atoms with van der Waals surface area (Å²) in [5.74, 6) is 0.338. The highest BCUT2D eigenvalue weighted by Gasteiger charge is 2.52. The molecule has 6 heteroatoms. The number of rotatable bonds is 2. The molecule has 1 spiro atoms. The monoisotopic (exact) mass is 301 g/mol. The number of hydrogen-bond donors (Lipinski definition) is 2. The highest BCUT2D eigenvalue weighted by molar-refractivity contribution is 6.07. The molecule has 1 saturated heterocycles. The van der Waals surface area contributed by atoms with Crippen molar-refractivity contribution in [3.63, 3.8) is 0 Å². The van der Waals surface area contributed by atoms with E-state index < -0.39 is 11.6 Å². The summed E-state index contributed by atoms with van der Waals surface area (Å²) in [5.41, 5.74) is -0.332. The first-order valence-electron chi connectivity index (χ1n) is 7.50. The van der Waals surface area contributed by atoms with Gasteiger partial charge in [-0.3, -0.25) is 4.79 Å². The summed E-state index contributed by atoms with van der Waals surface area (Å²) in [5, 5.41) is 17.3. The van der Waals surface area contributed by atoms with Crippen LogP contribution in [0.3, 0.4) is 0 Å². The SMILES string of the molecule is CC1CCC2(CC1)NC(=O)N(/N=C\c1ccccc1O)C2=O. The summed E-state index contributed by atoms with van der Waals surface area (Å²) in [6, 6.07) is 6.13. The third kappa shape index (κ3) is 2.45. The van der Waals surface area contributed by atoms with Crippen LogP contribution in [-0.2, 0) is 4.79 Å². The van der Waals surface area contributed by atoms with E-state index >= 15 is 0 Å². The molecule has 3 amide bonds. The van der Waals surface area contributed by atoms with E-state index in [2.05, 4.69) is 17.3 Å². The molecule has 0 radical (unpaired) electrons. The van der Waals surface area contributed by atoms with E-state index in [4.69, 9.17) is 0 Å². The lowest BCUT2D eigenvalue weighted by Crippen LogP contribution is -2.49. The van der Waals surface area contributed by atoms with E-state index in [0.717, 1.165) is 17.9 Å². The molecule has 2 fully saturated rings. The maximum Gasteiger partial charge on any atom is 0.346 e. The number of urea groups is 1. The molecule has 1 heterocycles. The standard InChI is InChI=1S/C16H19N3O3/c1-11-6-8-16(9-7-11)14(21)19(15(22)18-16)17-10-12-4-2-3-5-13(12)20/h2-5,10-11,20H,6-9H2,1H3,(H,18,22)/b17-10-. The van der Waals surface area contributed by atoms with Gasteiger partial charge in [0.15, 0.2) is 0 Å². The van der Waals surface area contributed by atoms with Gasteiger partial charge in [0.25, 0.3) is 5.91 Å². The van der Waals surface area contributed by atoms with Crippen LogP contribution in [0.4, 0.5) is 4.79 Å². The second kappa shape index (κ2) is 5.44. The zero-order valence-corrected chi connectivity index (χ0v) is 12.5. The highest BCUT2D eigenvalue weighted by Crippen LogP contribution is 2.36. The predicted molar refractivity (Wildman–Crippen MR) is 81.4 cm³/mol.